The van der Waals surface area contributed by atoms with Gasteiger partial charge in [0.25, 0.3) is 0 Å². The van der Waals surface area contributed by atoms with Gasteiger partial charge in [0.15, 0.2) is 0 Å². The zero-order valence-corrected chi connectivity index (χ0v) is 11.3. The number of hydrogen-bond donors (Lipinski definition) is 1. The predicted octanol–water partition coefficient (Wildman–Crippen LogP) is 3.29. The van der Waals surface area contributed by atoms with Gasteiger partial charge in [-0.05, 0) is 38.3 Å². The van der Waals surface area contributed by atoms with Crippen LogP contribution in [0.3, 0.4) is 0 Å². The van der Waals surface area contributed by atoms with Crippen LogP contribution >= 0.6 is 0 Å². The van der Waals surface area contributed by atoms with Crippen LogP contribution in [0, 0.1) is 0 Å². The lowest BCUT2D eigenvalue weighted by Gasteiger charge is -2.17. The molecule has 3 heteroatoms. The normalized spacial score (nSPS) is 17.4. The van der Waals surface area contributed by atoms with Crippen molar-refractivity contribution >= 4 is 0 Å². The molecule has 1 aromatic rings. The van der Waals surface area contributed by atoms with Crippen LogP contribution in [0.4, 0.5) is 0 Å². The molecule has 1 fully saturated rings. The van der Waals surface area contributed by atoms with E-state index in [0.717, 1.165) is 24.5 Å². The third-order valence-corrected chi connectivity index (χ3v) is 3.45. The summed E-state index contributed by atoms with van der Waals surface area (Å²) in [5.41, 5.74) is 1.06. The summed E-state index contributed by atoms with van der Waals surface area (Å²) in [4.78, 5) is 4.35. The number of pyridine rings is 1. The van der Waals surface area contributed by atoms with E-state index in [1.54, 1.807) is 0 Å². The summed E-state index contributed by atoms with van der Waals surface area (Å²) in [7, 11) is 0. The number of aromatic nitrogens is 1. The van der Waals surface area contributed by atoms with E-state index in [9.17, 15) is 0 Å². The standard InChI is InChI=1S/C15H24N2O/c1-2-16-12-13-11-15(9-10-17-13)18-14-7-5-3-4-6-8-14/h9-11,14,16H,2-8,12H2,1H3. The minimum atomic E-state index is 0.405. The van der Waals surface area contributed by atoms with Gasteiger partial charge in [-0.15, -0.1) is 0 Å². The average molecular weight is 248 g/mol. The van der Waals surface area contributed by atoms with Crippen LogP contribution in [0.15, 0.2) is 18.3 Å². The first-order chi connectivity index (χ1) is 8.88. The fourth-order valence-electron chi connectivity index (χ4n) is 2.43. The number of hydrogen-bond acceptors (Lipinski definition) is 3. The molecule has 0 amide bonds. The van der Waals surface area contributed by atoms with Gasteiger partial charge in [0, 0.05) is 18.8 Å². The van der Waals surface area contributed by atoms with Gasteiger partial charge in [0.05, 0.1) is 11.8 Å². The second-order valence-electron chi connectivity index (χ2n) is 4.99. The second-order valence-corrected chi connectivity index (χ2v) is 4.99. The van der Waals surface area contributed by atoms with Gasteiger partial charge in [-0.3, -0.25) is 4.98 Å². The molecule has 0 atom stereocenters. The van der Waals surface area contributed by atoms with Crippen molar-refractivity contribution in [3.63, 3.8) is 0 Å². The molecule has 3 nitrogen and oxygen atoms in total. The maximum atomic E-state index is 6.09. The van der Waals surface area contributed by atoms with Crippen LogP contribution < -0.4 is 10.1 Å². The summed E-state index contributed by atoms with van der Waals surface area (Å²) in [6.45, 7) is 3.89. The minimum Gasteiger partial charge on any atom is -0.490 e. The highest BCUT2D eigenvalue weighted by atomic mass is 16.5. The van der Waals surface area contributed by atoms with E-state index in [0.29, 0.717) is 6.10 Å². The molecule has 0 unspecified atom stereocenters. The Kier molecular flexibility index (Phi) is 5.46. The summed E-state index contributed by atoms with van der Waals surface area (Å²) < 4.78 is 6.09. The molecule has 2 rings (SSSR count). The van der Waals surface area contributed by atoms with E-state index in [-0.39, 0.29) is 0 Å². The van der Waals surface area contributed by atoms with Crippen LogP contribution in [0.25, 0.3) is 0 Å². The van der Waals surface area contributed by atoms with Crippen molar-refractivity contribution in [1.29, 1.82) is 0 Å². The Morgan fingerprint density at radius 1 is 1.28 bits per heavy atom. The molecule has 0 spiro atoms. The molecule has 0 bridgehead atoms. The minimum absolute atomic E-state index is 0.405. The maximum absolute atomic E-state index is 6.09. The molecule has 1 aromatic heterocycles. The lowest BCUT2D eigenvalue weighted by atomic mass is 10.1. The van der Waals surface area contributed by atoms with Crippen LogP contribution in [0.2, 0.25) is 0 Å². The second kappa shape index (κ2) is 7.37. The van der Waals surface area contributed by atoms with Gasteiger partial charge in [-0.2, -0.15) is 0 Å². The molecule has 1 saturated carbocycles. The van der Waals surface area contributed by atoms with Crippen molar-refractivity contribution in [1.82, 2.24) is 10.3 Å². The summed E-state index contributed by atoms with van der Waals surface area (Å²) >= 11 is 0. The molecule has 1 aliphatic rings. The van der Waals surface area contributed by atoms with E-state index in [2.05, 4.69) is 23.3 Å². The van der Waals surface area contributed by atoms with Crippen LogP contribution in [-0.4, -0.2) is 17.6 Å². The highest BCUT2D eigenvalue weighted by molar-refractivity contribution is 5.22. The zero-order valence-electron chi connectivity index (χ0n) is 11.3. The van der Waals surface area contributed by atoms with E-state index in [1.807, 2.05) is 12.3 Å². The summed E-state index contributed by atoms with van der Waals surface area (Å²) in [6, 6.07) is 4.04. The molecule has 0 saturated heterocycles. The molecule has 1 aliphatic carbocycles. The van der Waals surface area contributed by atoms with Crippen molar-refractivity contribution in [2.45, 2.75) is 58.1 Å². The monoisotopic (exact) mass is 248 g/mol. The number of rotatable bonds is 5. The highest BCUT2D eigenvalue weighted by Gasteiger charge is 2.13. The smallest absolute Gasteiger partial charge is 0.123 e. The Bertz CT molecular complexity index is 346. The third-order valence-electron chi connectivity index (χ3n) is 3.45. The Morgan fingerprint density at radius 3 is 2.78 bits per heavy atom. The summed E-state index contributed by atoms with van der Waals surface area (Å²) in [5.74, 6) is 0.977. The van der Waals surface area contributed by atoms with Crippen molar-refractivity contribution in [3.8, 4) is 5.75 Å². The first kappa shape index (κ1) is 13.3. The average Bonchev–Trinajstić information content (AvgIpc) is 2.65. The molecular weight excluding hydrogens is 224 g/mol. The van der Waals surface area contributed by atoms with Crippen molar-refractivity contribution in [3.05, 3.63) is 24.0 Å². The first-order valence-electron chi connectivity index (χ1n) is 7.21. The van der Waals surface area contributed by atoms with Gasteiger partial charge in [0.2, 0.25) is 0 Å². The van der Waals surface area contributed by atoms with Gasteiger partial charge in [0.1, 0.15) is 5.75 Å². The van der Waals surface area contributed by atoms with Crippen molar-refractivity contribution in [2.75, 3.05) is 6.54 Å². The highest BCUT2D eigenvalue weighted by Crippen LogP contribution is 2.22. The first-order valence-corrected chi connectivity index (χ1v) is 7.21. The van der Waals surface area contributed by atoms with Crippen LogP contribution in [0.5, 0.6) is 5.75 Å². The van der Waals surface area contributed by atoms with E-state index >= 15 is 0 Å². The fourth-order valence-corrected chi connectivity index (χ4v) is 2.43. The maximum Gasteiger partial charge on any atom is 0.123 e. The van der Waals surface area contributed by atoms with Crippen LogP contribution in [-0.2, 0) is 6.54 Å². The largest absolute Gasteiger partial charge is 0.490 e. The number of ether oxygens (including phenoxy) is 1. The Balaban J connectivity index is 1.91. The molecule has 18 heavy (non-hydrogen) atoms. The van der Waals surface area contributed by atoms with E-state index in [1.165, 1.54) is 38.5 Å². The van der Waals surface area contributed by atoms with Crippen molar-refractivity contribution in [2.24, 2.45) is 0 Å². The van der Waals surface area contributed by atoms with E-state index < -0.39 is 0 Å². The zero-order chi connectivity index (χ0) is 12.6. The van der Waals surface area contributed by atoms with Crippen LogP contribution in [0.1, 0.15) is 51.1 Å². The molecular formula is C15H24N2O. The molecule has 0 aliphatic heterocycles. The Morgan fingerprint density at radius 2 is 2.06 bits per heavy atom. The van der Waals surface area contributed by atoms with Gasteiger partial charge in [-0.25, -0.2) is 0 Å². The SMILES string of the molecule is CCNCc1cc(OC2CCCCCC2)ccn1. The molecule has 100 valence electrons. The number of nitrogens with one attached hydrogen (secondary N) is 1. The predicted molar refractivity (Wildman–Crippen MR) is 73.7 cm³/mol. The molecule has 0 radical (unpaired) electrons. The Labute approximate surface area is 110 Å². The van der Waals surface area contributed by atoms with Crippen molar-refractivity contribution < 1.29 is 4.74 Å². The number of nitrogens with zero attached hydrogens (tertiary/aromatic N) is 1. The molecule has 1 N–H and O–H groups in total. The summed E-state index contributed by atoms with van der Waals surface area (Å²) in [5, 5.41) is 3.29. The van der Waals surface area contributed by atoms with Gasteiger partial charge in [-0.1, -0.05) is 19.8 Å². The topological polar surface area (TPSA) is 34.1 Å². The van der Waals surface area contributed by atoms with E-state index in [4.69, 9.17) is 4.74 Å². The van der Waals surface area contributed by atoms with Gasteiger partial charge < -0.3 is 10.1 Å². The quantitative estimate of drug-likeness (QED) is 0.812. The van der Waals surface area contributed by atoms with Gasteiger partial charge >= 0.3 is 0 Å². The lowest BCUT2D eigenvalue weighted by molar-refractivity contribution is 0.183. The summed E-state index contributed by atoms with van der Waals surface area (Å²) in [6.07, 6.45) is 9.99. The Hall–Kier alpha value is -1.09. The molecule has 0 aromatic carbocycles. The third kappa shape index (κ3) is 4.30. The fraction of sp³-hybridized carbons (Fsp3) is 0.667. The molecule has 1 heterocycles. The lowest BCUT2D eigenvalue weighted by Crippen LogP contribution is -2.16.